The Kier molecular flexibility index (Phi) is 73.4. The van der Waals surface area contributed by atoms with Crippen LogP contribution in [0.1, 0.15) is 447 Å². The van der Waals surface area contributed by atoms with Gasteiger partial charge in [-0.1, -0.05) is 396 Å². The molecule has 0 saturated heterocycles. The number of esters is 4. The highest BCUT2D eigenvalue weighted by molar-refractivity contribution is 7.47. The summed E-state index contributed by atoms with van der Waals surface area (Å²) >= 11 is 0. The number of phosphoric acid groups is 2. The fourth-order valence-corrected chi connectivity index (χ4v) is 14.9. The van der Waals surface area contributed by atoms with Gasteiger partial charge in [-0.3, -0.25) is 37.3 Å². The van der Waals surface area contributed by atoms with E-state index in [4.69, 9.17) is 37.0 Å². The average Bonchev–Trinajstić information content (AvgIpc) is 0.924. The zero-order valence-corrected chi connectivity index (χ0v) is 71.2. The standard InChI is InChI=1S/C86H168O17P2/c1-9-79(8)65-57-49-40-34-28-21-17-12-10-11-13-18-22-29-35-41-50-58-66-83(88)96-72-81(102-85(90)69-61-53-43-37-31-25-24-27-33-39-47-55-63-77(4)5)74-100-104(92,93)98-70-80(87)71-99-105(94,95)101-75-82(73-97-84(89)67-59-51-45-44-48-56-64-78(6)7)103-86(91)68-60-52-42-36-30-23-19-15-14-16-20-26-32-38-46-54-62-76(2)3/h76-82,87H,9-75H2,1-8H3,(H,92,93)(H,94,95)/t79?,80?,81-,82-/m1/s1. The number of phosphoric ester groups is 2. The van der Waals surface area contributed by atoms with Crippen LogP contribution in [0.15, 0.2) is 0 Å². The first-order valence-electron chi connectivity index (χ1n) is 44.2. The number of ether oxygens (including phenoxy) is 4. The molecule has 0 fully saturated rings. The molecule has 4 unspecified atom stereocenters. The van der Waals surface area contributed by atoms with Crippen LogP contribution in [0.4, 0.5) is 0 Å². The van der Waals surface area contributed by atoms with Crippen LogP contribution in [0.3, 0.4) is 0 Å². The van der Waals surface area contributed by atoms with Gasteiger partial charge in [0.05, 0.1) is 26.4 Å². The summed E-state index contributed by atoms with van der Waals surface area (Å²) in [5.74, 6) is 1.03. The predicted molar refractivity (Wildman–Crippen MR) is 432 cm³/mol. The van der Waals surface area contributed by atoms with Crippen LogP contribution < -0.4 is 0 Å². The van der Waals surface area contributed by atoms with E-state index in [1.807, 2.05) is 0 Å². The number of carbonyl (C=O) groups excluding carboxylic acids is 4. The highest BCUT2D eigenvalue weighted by Gasteiger charge is 2.31. The molecule has 105 heavy (non-hydrogen) atoms. The Morgan fingerprint density at radius 1 is 0.267 bits per heavy atom. The lowest BCUT2D eigenvalue weighted by molar-refractivity contribution is -0.161. The lowest BCUT2D eigenvalue weighted by Crippen LogP contribution is -2.30. The van der Waals surface area contributed by atoms with Crippen LogP contribution in [0.5, 0.6) is 0 Å². The van der Waals surface area contributed by atoms with E-state index in [0.29, 0.717) is 31.6 Å². The molecule has 0 saturated carbocycles. The highest BCUT2D eigenvalue weighted by Crippen LogP contribution is 2.45. The van der Waals surface area contributed by atoms with E-state index >= 15 is 0 Å². The van der Waals surface area contributed by atoms with Crippen LogP contribution >= 0.6 is 15.6 Å². The molecule has 0 heterocycles. The largest absolute Gasteiger partial charge is 0.472 e. The van der Waals surface area contributed by atoms with Gasteiger partial charge in [0.2, 0.25) is 0 Å². The van der Waals surface area contributed by atoms with E-state index in [9.17, 15) is 43.2 Å². The zero-order chi connectivity index (χ0) is 77.4. The summed E-state index contributed by atoms with van der Waals surface area (Å²) in [7, 11) is -9.93. The van der Waals surface area contributed by atoms with Crippen molar-refractivity contribution < 1.29 is 80.2 Å². The molecule has 17 nitrogen and oxygen atoms in total. The van der Waals surface area contributed by atoms with Crippen molar-refractivity contribution in [1.29, 1.82) is 0 Å². The molecule has 0 spiro atoms. The molecule has 0 rings (SSSR count). The second-order valence-electron chi connectivity index (χ2n) is 32.6. The minimum absolute atomic E-state index is 0.107. The molecule has 6 atom stereocenters. The number of aliphatic hydroxyl groups is 1. The number of unbranched alkanes of at least 4 members (excludes halogenated alkanes) is 48. The maximum atomic E-state index is 13.1. The van der Waals surface area contributed by atoms with Crippen molar-refractivity contribution in [2.24, 2.45) is 23.7 Å². The molecule has 0 aromatic carbocycles. The first kappa shape index (κ1) is 103. The van der Waals surface area contributed by atoms with Gasteiger partial charge in [0.15, 0.2) is 12.2 Å². The van der Waals surface area contributed by atoms with Crippen molar-refractivity contribution in [3.05, 3.63) is 0 Å². The molecule has 624 valence electrons. The Balaban J connectivity index is 5.18. The van der Waals surface area contributed by atoms with Crippen LogP contribution in [-0.2, 0) is 65.4 Å². The summed E-state index contributed by atoms with van der Waals surface area (Å²) in [6, 6.07) is 0. The van der Waals surface area contributed by atoms with E-state index < -0.39 is 97.5 Å². The molecule has 19 heteroatoms. The van der Waals surface area contributed by atoms with E-state index in [0.717, 1.165) is 114 Å². The Bertz CT molecular complexity index is 2040. The Morgan fingerprint density at radius 3 is 0.676 bits per heavy atom. The molecule has 3 N–H and O–H groups in total. The average molecular weight is 1540 g/mol. The normalized spacial score (nSPS) is 14.2. The van der Waals surface area contributed by atoms with Crippen molar-refractivity contribution in [1.82, 2.24) is 0 Å². The molecular weight excluding hydrogens is 1370 g/mol. The minimum atomic E-state index is -4.97. The van der Waals surface area contributed by atoms with Gasteiger partial charge in [0.1, 0.15) is 19.3 Å². The smallest absolute Gasteiger partial charge is 0.462 e. The Hall–Kier alpha value is -1.94. The summed E-state index contributed by atoms with van der Waals surface area (Å²) < 4.78 is 68.8. The topological polar surface area (TPSA) is 237 Å². The van der Waals surface area contributed by atoms with E-state index in [1.54, 1.807) is 0 Å². The Labute approximate surface area is 645 Å². The third-order valence-corrected chi connectivity index (χ3v) is 22.3. The lowest BCUT2D eigenvalue weighted by atomic mass is 9.99. The highest BCUT2D eigenvalue weighted by atomic mass is 31.2. The minimum Gasteiger partial charge on any atom is -0.462 e. The predicted octanol–water partition coefficient (Wildman–Crippen LogP) is 25.9. The van der Waals surface area contributed by atoms with Gasteiger partial charge < -0.3 is 33.8 Å². The van der Waals surface area contributed by atoms with Gasteiger partial charge >= 0.3 is 39.5 Å². The van der Waals surface area contributed by atoms with Gasteiger partial charge in [-0.25, -0.2) is 9.13 Å². The summed E-state index contributed by atoms with van der Waals surface area (Å²) in [6.45, 7) is 14.3. The summed E-state index contributed by atoms with van der Waals surface area (Å²) in [5.41, 5.74) is 0. The van der Waals surface area contributed by atoms with Crippen molar-refractivity contribution in [3.63, 3.8) is 0 Å². The maximum absolute atomic E-state index is 13.1. The summed E-state index contributed by atoms with van der Waals surface area (Å²) in [4.78, 5) is 73.1. The van der Waals surface area contributed by atoms with Crippen molar-refractivity contribution in [2.75, 3.05) is 39.6 Å². The molecular formula is C86H168O17P2. The molecule has 0 amide bonds. The van der Waals surface area contributed by atoms with E-state index in [2.05, 4.69) is 55.4 Å². The van der Waals surface area contributed by atoms with Crippen LogP contribution in [0, 0.1) is 23.7 Å². The van der Waals surface area contributed by atoms with Gasteiger partial charge in [-0.05, 0) is 49.4 Å². The summed E-state index contributed by atoms with van der Waals surface area (Å²) in [5, 5.41) is 10.7. The second kappa shape index (κ2) is 74.8. The van der Waals surface area contributed by atoms with Crippen molar-refractivity contribution in [3.8, 4) is 0 Å². The fraction of sp³-hybridized carbons (Fsp3) is 0.953. The maximum Gasteiger partial charge on any atom is 0.472 e. The van der Waals surface area contributed by atoms with Gasteiger partial charge in [-0.15, -0.1) is 0 Å². The number of hydrogen-bond donors (Lipinski definition) is 3. The Morgan fingerprint density at radius 2 is 0.457 bits per heavy atom. The van der Waals surface area contributed by atoms with Gasteiger partial charge in [0.25, 0.3) is 0 Å². The van der Waals surface area contributed by atoms with Crippen molar-refractivity contribution >= 4 is 39.5 Å². The summed E-state index contributed by atoms with van der Waals surface area (Å²) in [6.07, 6.45) is 64.1. The number of aliphatic hydroxyl groups excluding tert-OH is 1. The third-order valence-electron chi connectivity index (χ3n) is 20.4. The number of rotatable bonds is 83. The molecule has 0 aromatic rings. The molecule has 0 aromatic heterocycles. The molecule has 0 radical (unpaired) electrons. The van der Waals surface area contributed by atoms with Crippen LogP contribution in [0.2, 0.25) is 0 Å². The van der Waals surface area contributed by atoms with Gasteiger partial charge in [0, 0.05) is 25.7 Å². The van der Waals surface area contributed by atoms with E-state index in [-0.39, 0.29) is 25.7 Å². The SMILES string of the molecule is CCC(C)CCCCCCCCCCCCCCCCCCCCC(=O)OC[C@H](COP(=O)(O)OCC(O)COP(=O)(O)OC[C@@H](COC(=O)CCCCCCCCC(C)C)OC(=O)CCCCCCCCCCCCCCCCCCC(C)C)OC(=O)CCCCCCCCCCCCCCC(C)C. The molecule has 0 bridgehead atoms. The quantitative estimate of drug-likeness (QED) is 0.0222. The second-order valence-corrected chi connectivity index (χ2v) is 35.5. The molecule has 0 aliphatic heterocycles. The lowest BCUT2D eigenvalue weighted by Gasteiger charge is -2.21. The zero-order valence-electron chi connectivity index (χ0n) is 69.4. The first-order chi connectivity index (χ1) is 50.6. The van der Waals surface area contributed by atoms with Gasteiger partial charge in [-0.2, -0.15) is 0 Å². The first-order valence-corrected chi connectivity index (χ1v) is 47.2. The number of hydrogen-bond acceptors (Lipinski definition) is 15. The van der Waals surface area contributed by atoms with E-state index in [1.165, 1.54) is 244 Å². The van der Waals surface area contributed by atoms with Crippen LogP contribution in [0.25, 0.3) is 0 Å². The number of carbonyl (C=O) groups is 4. The van der Waals surface area contributed by atoms with Crippen LogP contribution in [-0.4, -0.2) is 96.7 Å². The van der Waals surface area contributed by atoms with Crippen molar-refractivity contribution in [2.45, 2.75) is 465 Å². The molecule has 0 aliphatic carbocycles. The third kappa shape index (κ3) is 78.5. The monoisotopic (exact) mass is 1540 g/mol. The fourth-order valence-electron chi connectivity index (χ4n) is 13.3. The molecule has 0 aliphatic rings.